The molecule has 1 aliphatic heterocycles. The minimum absolute atomic E-state index is 0.0159. The average molecular weight is 355 g/mol. The Hall–Kier alpha value is -1.40. The Morgan fingerprint density at radius 1 is 1.20 bits per heavy atom. The first-order valence-electron chi connectivity index (χ1n) is 5.95. The van der Waals surface area contributed by atoms with E-state index in [1.54, 1.807) is 16.0 Å². The Morgan fingerprint density at radius 2 is 1.95 bits per heavy atom. The monoisotopic (exact) mass is 356 g/mol. The Balaban J connectivity index is 1.97. The SMILES string of the molecule is NS(=O)(=O)c1cccc(N2[Se]C3C=CC=CC3C2=O)c1. The Morgan fingerprint density at radius 3 is 2.65 bits per heavy atom. The summed E-state index contributed by atoms with van der Waals surface area (Å²) < 4.78 is 24.5. The van der Waals surface area contributed by atoms with Crippen LogP contribution >= 0.6 is 0 Å². The van der Waals surface area contributed by atoms with Crippen molar-refractivity contribution in [1.82, 2.24) is 0 Å². The van der Waals surface area contributed by atoms with E-state index in [0.717, 1.165) is 0 Å². The van der Waals surface area contributed by atoms with Crippen molar-refractivity contribution in [2.75, 3.05) is 3.92 Å². The van der Waals surface area contributed by atoms with E-state index < -0.39 is 10.0 Å². The molecule has 0 saturated carbocycles. The average Bonchev–Trinajstić information content (AvgIpc) is 2.76. The number of carbonyl (C=O) groups is 1. The molecule has 1 saturated heterocycles. The van der Waals surface area contributed by atoms with E-state index in [1.807, 2.05) is 24.3 Å². The molecular weight excluding hydrogens is 343 g/mol. The first-order valence-corrected chi connectivity index (χ1v) is 9.25. The second-order valence-corrected chi connectivity index (χ2v) is 8.45. The molecule has 0 bridgehead atoms. The van der Waals surface area contributed by atoms with Gasteiger partial charge in [0.05, 0.1) is 0 Å². The number of sulfonamides is 1. The number of anilines is 1. The number of hydrogen-bond acceptors (Lipinski definition) is 3. The van der Waals surface area contributed by atoms with Crippen LogP contribution in [0.25, 0.3) is 0 Å². The molecule has 1 aromatic rings. The third-order valence-electron chi connectivity index (χ3n) is 3.18. The van der Waals surface area contributed by atoms with Crippen LogP contribution in [-0.4, -0.2) is 29.5 Å². The summed E-state index contributed by atoms with van der Waals surface area (Å²) in [5.74, 6) is -0.111. The Bertz CT molecular complexity index is 727. The molecule has 1 aromatic carbocycles. The molecule has 1 heterocycles. The summed E-state index contributed by atoms with van der Waals surface area (Å²) in [7, 11) is -3.76. The van der Waals surface area contributed by atoms with Crippen LogP contribution in [-0.2, 0) is 14.8 Å². The first-order chi connectivity index (χ1) is 9.47. The van der Waals surface area contributed by atoms with E-state index in [-0.39, 0.29) is 36.7 Å². The van der Waals surface area contributed by atoms with Crippen LogP contribution in [0.15, 0.2) is 53.5 Å². The van der Waals surface area contributed by atoms with E-state index in [0.29, 0.717) is 5.69 Å². The molecule has 104 valence electrons. The van der Waals surface area contributed by atoms with E-state index >= 15 is 0 Å². The van der Waals surface area contributed by atoms with Crippen molar-refractivity contribution in [3.05, 3.63) is 48.6 Å². The quantitative estimate of drug-likeness (QED) is 0.798. The van der Waals surface area contributed by atoms with Gasteiger partial charge in [-0.25, -0.2) is 0 Å². The van der Waals surface area contributed by atoms with Crippen LogP contribution in [0.2, 0.25) is 4.82 Å². The summed E-state index contributed by atoms with van der Waals surface area (Å²) in [6.45, 7) is 0. The third kappa shape index (κ3) is 2.33. The minimum atomic E-state index is -3.76. The molecule has 0 spiro atoms. The number of amides is 1. The van der Waals surface area contributed by atoms with Crippen molar-refractivity contribution in [3.8, 4) is 0 Å². The van der Waals surface area contributed by atoms with Crippen molar-refractivity contribution in [2.45, 2.75) is 9.71 Å². The van der Waals surface area contributed by atoms with Gasteiger partial charge in [0.1, 0.15) is 0 Å². The normalized spacial score (nSPS) is 25.1. The maximum absolute atomic E-state index is 12.4. The number of nitrogens with zero attached hydrogens (tertiary/aromatic N) is 1. The van der Waals surface area contributed by atoms with Gasteiger partial charge in [-0.3, -0.25) is 0 Å². The number of carbonyl (C=O) groups excluding carboxylic acids is 1. The first kappa shape index (κ1) is 13.6. The molecule has 2 aliphatic rings. The number of hydrogen-bond donors (Lipinski definition) is 1. The van der Waals surface area contributed by atoms with E-state index in [9.17, 15) is 13.2 Å². The van der Waals surface area contributed by atoms with Crippen LogP contribution < -0.4 is 9.06 Å². The zero-order chi connectivity index (χ0) is 14.3. The second-order valence-electron chi connectivity index (χ2n) is 4.54. The molecule has 1 aliphatic carbocycles. The summed E-state index contributed by atoms with van der Waals surface area (Å²) in [6, 6.07) is 6.23. The summed E-state index contributed by atoms with van der Waals surface area (Å²) in [6.07, 6.45) is 7.75. The predicted octanol–water partition coefficient (Wildman–Crippen LogP) is 0.831. The zero-order valence-corrected chi connectivity index (χ0v) is 12.9. The van der Waals surface area contributed by atoms with E-state index in [4.69, 9.17) is 5.14 Å². The van der Waals surface area contributed by atoms with Gasteiger partial charge >= 0.3 is 123 Å². The van der Waals surface area contributed by atoms with Gasteiger partial charge in [0, 0.05) is 0 Å². The van der Waals surface area contributed by atoms with Gasteiger partial charge in [-0.15, -0.1) is 0 Å². The van der Waals surface area contributed by atoms with E-state index in [1.165, 1.54) is 12.1 Å². The molecule has 2 unspecified atom stereocenters. The van der Waals surface area contributed by atoms with Gasteiger partial charge in [-0.05, 0) is 0 Å². The van der Waals surface area contributed by atoms with Crippen LogP contribution in [0.1, 0.15) is 0 Å². The third-order valence-corrected chi connectivity index (χ3v) is 6.81. The predicted molar refractivity (Wildman–Crippen MR) is 76.6 cm³/mol. The van der Waals surface area contributed by atoms with Crippen LogP contribution in [0, 0.1) is 5.92 Å². The van der Waals surface area contributed by atoms with Gasteiger partial charge in [-0.1, -0.05) is 0 Å². The topological polar surface area (TPSA) is 80.5 Å². The van der Waals surface area contributed by atoms with Crippen molar-refractivity contribution in [1.29, 1.82) is 0 Å². The molecule has 1 amide bonds. The van der Waals surface area contributed by atoms with Gasteiger partial charge in [0.25, 0.3) is 0 Å². The number of nitrogens with two attached hydrogens (primary N) is 1. The number of rotatable bonds is 2. The maximum atomic E-state index is 12.4. The van der Waals surface area contributed by atoms with Gasteiger partial charge in [0.2, 0.25) is 0 Å². The van der Waals surface area contributed by atoms with Gasteiger partial charge in [-0.2, -0.15) is 0 Å². The molecule has 0 radical (unpaired) electrons. The van der Waals surface area contributed by atoms with Crippen LogP contribution in [0.4, 0.5) is 5.69 Å². The van der Waals surface area contributed by atoms with Crippen molar-refractivity contribution < 1.29 is 13.2 Å². The molecule has 5 nitrogen and oxygen atoms in total. The van der Waals surface area contributed by atoms with Gasteiger partial charge < -0.3 is 0 Å². The van der Waals surface area contributed by atoms with Crippen molar-refractivity contribution in [3.63, 3.8) is 0 Å². The molecule has 2 N–H and O–H groups in total. The standard InChI is InChI=1S/C13H12N2O3SSe/c14-19(17,18)10-5-3-4-9(8-10)15-13(16)11-6-1-2-7-12(11)20-15/h1-8,11-12H,(H2,14,17,18). The fourth-order valence-electron chi connectivity index (χ4n) is 2.19. The van der Waals surface area contributed by atoms with E-state index in [2.05, 4.69) is 0 Å². The zero-order valence-electron chi connectivity index (χ0n) is 10.3. The van der Waals surface area contributed by atoms with Crippen LogP contribution in [0.3, 0.4) is 0 Å². The molecular formula is C13H12N2O3SSe. The summed E-state index contributed by atoms with van der Waals surface area (Å²) in [4.78, 5) is 12.6. The molecule has 2 atom stereocenters. The van der Waals surface area contributed by atoms with Crippen molar-refractivity contribution >= 4 is 36.8 Å². The van der Waals surface area contributed by atoms with Crippen LogP contribution in [0.5, 0.6) is 0 Å². The molecule has 3 rings (SSSR count). The number of fused-ring (bicyclic) bond motifs is 1. The summed E-state index contributed by atoms with van der Waals surface area (Å²) >= 11 is -0.0695. The summed E-state index contributed by atoms with van der Waals surface area (Å²) in [5, 5.41) is 5.13. The van der Waals surface area contributed by atoms with Gasteiger partial charge in [0.15, 0.2) is 0 Å². The Kier molecular flexibility index (Phi) is 3.30. The molecule has 7 heteroatoms. The molecule has 1 fully saturated rings. The number of primary sulfonamides is 1. The molecule has 20 heavy (non-hydrogen) atoms. The Labute approximate surface area is 123 Å². The van der Waals surface area contributed by atoms with Crippen molar-refractivity contribution in [2.24, 2.45) is 11.1 Å². The fourth-order valence-corrected chi connectivity index (χ4v) is 5.27. The summed E-state index contributed by atoms with van der Waals surface area (Å²) in [5.41, 5.74) is 0.595. The number of allylic oxidation sites excluding steroid dienone is 3. The second kappa shape index (κ2) is 4.86. The fraction of sp³-hybridized carbons (Fsp3) is 0.154. The molecule has 0 aromatic heterocycles. The number of benzene rings is 1.